The molecule has 0 aliphatic carbocycles. The summed E-state index contributed by atoms with van der Waals surface area (Å²) in [6.07, 6.45) is 5.17. The minimum absolute atomic E-state index is 0.868. The largest absolute Gasteiger partial charge is 0.240 e. The van der Waals surface area contributed by atoms with Gasteiger partial charge in [-0.15, -0.1) is 0 Å². The van der Waals surface area contributed by atoms with Crippen molar-refractivity contribution in [2.75, 3.05) is 0 Å². The SMILES string of the molecule is CCc1ncn[c]c1Br. The quantitative estimate of drug-likeness (QED) is 0.665. The van der Waals surface area contributed by atoms with Crippen molar-refractivity contribution in [3.05, 3.63) is 22.7 Å². The van der Waals surface area contributed by atoms with E-state index < -0.39 is 0 Å². The first kappa shape index (κ1) is 6.68. The number of hydrogen-bond acceptors (Lipinski definition) is 2. The molecule has 0 aromatic carbocycles. The van der Waals surface area contributed by atoms with E-state index in [4.69, 9.17) is 0 Å². The van der Waals surface area contributed by atoms with E-state index in [1.165, 1.54) is 6.33 Å². The second-order valence-electron chi connectivity index (χ2n) is 1.60. The van der Waals surface area contributed by atoms with E-state index in [1.807, 2.05) is 6.92 Å². The Hall–Kier alpha value is -0.440. The lowest BCUT2D eigenvalue weighted by atomic mass is 10.3. The number of aryl methyl sites for hydroxylation is 1. The van der Waals surface area contributed by atoms with Gasteiger partial charge in [-0.05, 0) is 22.4 Å². The first-order chi connectivity index (χ1) is 4.34. The summed E-state index contributed by atoms with van der Waals surface area (Å²) in [7, 11) is 0. The van der Waals surface area contributed by atoms with Gasteiger partial charge in [-0.25, -0.2) is 9.97 Å². The highest BCUT2D eigenvalue weighted by Crippen LogP contribution is 2.10. The third kappa shape index (κ3) is 1.48. The number of halogens is 1. The summed E-state index contributed by atoms with van der Waals surface area (Å²) < 4.78 is 0.868. The summed E-state index contributed by atoms with van der Waals surface area (Å²) in [6, 6.07) is 0. The maximum absolute atomic E-state index is 4.01. The van der Waals surface area contributed by atoms with E-state index in [9.17, 15) is 0 Å². The van der Waals surface area contributed by atoms with Crippen molar-refractivity contribution in [1.29, 1.82) is 0 Å². The van der Waals surface area contributed by atoms with Crippen molar-refractivity contribution < 1.29 is 0 Å². The first-order valence-electron chi connectivity index (χ1n) is 2.71. The molecule has 47 valence electrons. The Labute approximate surface area is 62.5 Å². The van der Waals surface area contributed by atoms with Crippen molar-refractivity contribution in [3.8, 4) is 0 Å². The Morgan fingerprint density at radius 2 is 2.56 bits per heavy atom. The predicted molar refractivity (Wildman–Crippen MR) is 37.9 cm³/mol. The molecule has 1 heterocycles. The summed E-state index contributed by atoms with van der Waals surface area (Å²) in [5.41, 5.74) is 1.00. The average molecular weight is 186 g/mol. The molecule has 0 spiro atoms. The molecule has 0 bridgehead atoms. The fourth-order valence-corrected chi connectivity index (χ4v) is 1.04. The van der Waals surface area contributed by atoms with E-state index >= 15 is 0 Å². The Morgan fingerprint density at radius 3 is 3.00 bits per heavy atom. The summed E-state index contributed by atoms with van der Waals surface area (Å²) >= 11 is 3.28. The van der Waals surface area contributed by atoms with Crippen LogP contribution in [0.4, 0.5) is 0 Å². The molecule has 0 fully saturated rings. The van der Waals surface area contributed by atoms with Gasteiger partial charge in [0.25, 0.3) is 0 Å². The van der Waals surface area contributed by atoms with Crippen molar-refractivity contribution in [1.82, 2.24) is 9.97 Å². The molecule has 0 saturated carbocycles. The van der Waals surface area contributed by atoms with Crippen LogP contribution in [-0.4, -0.2) is 9.97 Å². The van der Waals surface area contributed by atoms with Crippen LogP contribution in [0.3, 0.4) is 0 Å². The monoisotopic (exact) mass is 185 g/mol. The standard InChI is InChI=1S/C6H6BrN2/c1-2-6-5(7)3-8-4-9-6/h4H,2H2,1H3. The smallest absolute Gasteiger partial charge is 0.116 e. The number of hydrogen-bond donors (Lipinski definition) is 0. The predicted octanol–water partition coefficient (Wildman–Crippen LogP) is 1.60. The molecular weight excluding hydrogens is 180 g/mol. The van der Waals surface area contributed by atoms with Gasteiger partial charge in [-0.3, -0.25) is 0 Å². The van der Waals surface area contributed by atoms with Gasteiger partial charge in [0.2, 0.25) is 0 Å². The zero-order valence-electron chi connectivity index (χ0n) is 5.06. The average Bonchev–Trinajstić information content (AvgIpc) is 1.89. The van der Waals surface area contributed by atoms with E-state index in [2.05, 4.69) is 32.1 Å². The highest BCUT2D eigenvalue weighted by Gasteiger charge is 1.95. The second kappa shape index (κ2) is 2.92. The van der Waals surface area contributed by atoms with Gasteiger partial charge in [0.05, 0.1) is 10.2 Å². The van der Waals surface area contributed by atoms with Crippen LogP contribution in [0, 0.1) is 6.20 Å². The first-order valence-corrected chi connectivity index (χ1v) is 3.51. The van der Waals surface area contributed by atoms with Gasteiger partial charge < -0.3 is 0 Å². The molecule has 1 aromatic heterocycles. The molecule has 1 radical (unpaired) electrons. The molecule has 0 amide bonds. The maximum atomic E-state index is 4.01. The van der Waals surface area contributed by atoms with Crippen LogP contribution >= 0.6 is 15.9 Å². The molecule has 0 N–H and O–H groups in total. The summed E-state index contributed by atoms with van der Waals surface area (Å²) in [5, 5.41) is 0. The van der Waals surface area contributed by atoms with Crippen LogP contribution in [-0.2, 0) is 6.42 Å². The van der Waals surface area contributed by atoms with Crippen molar-refractivity contribution in [2.45, 2.75) is 13.3 Å². The molecule has 9 heavy (non-hydrogen) atoms. The van der Waals surface area contributed by atoms with Gasteiger partial charge in [0.15, 0.2) is 0 Å². The minimum Gasteiger partial charge on any atom is -0.240 e. The zero-order valence-corrected chi connectivity index (χ0v) is 6.64. The van der Waals surface area contributed by atoms with Crippen molar-refractivity contribution >= 4 is 15.9 Å². The third-order valence-electron chi connectivity index (χ3n) is 1.02. The Bertz CT molecular complexity index is 200. The minimum atomic E-state index is 0.868. The summed E-state index contributed by atoms with van der Waals surface area (Å²) in [6.45, 7) is 2.04. The van der Waals surface area contributed by atoms with Gasteiger partial charge in [-0.1, -0.05) is 6.92 Å². The van der Waals surface area contributed by atoms with Crippen LogP contribution in [0.1, 0.15) is 12.6 Å². The van der Waals surface area contributed by atoms with E-state index in [1.54, 1.807) is 0 Å². The molecule has 0 aliphatic heterocycles. The Kier molecular flexibility index (Phi) is 2.16. The van der Waals surface area contributed by atoms with E-state index in [0.29, 0.717) is 0 Å². The lowest BCUT2D eigenvalue weighted by Gasteiger charge is -1.93. The molecule has 1 rings (SSSR count). The number of aromatic nitrogens is 2. The third-order valence-corrected chi connectivity index (χ3v) is 1.66. The highest BCUT2D eigenvalue weighted by molar-refractivity contribution is 9.10. The zero-order chi connectivity index (χ0) is 6.69. The Balaban J connectivity index is 3.01. The normalized spacial score (nSPS) is 9.56. The van der Waals surface area contributed by atoms with Gasteiger partial charge in [0, 0.05) is 0 Å². The molecule has 0 aliphatic rings. The molecule has 0 atom stereocenters. The second-order valence-corrected chi connectivity index (χ2v) is 2.39. The highest BCUT2D eigenvalue weighted by atomic mass is 79.9. The van der Waals surface area contributed by atoms with Crippen LogP contribution in [0.5, 0.6) is 0 Å². The molecular formula is C6H6BrN2. The van der Waals surface area contributed by atoms with E-state index in [-0.39, 0.29) is 0 Å². The fourth-order valence-electron chi connectivity index (χ4n) is 0.552. The molecule has 0 saturated heterocycles. The van der Waals surface area contributed by atoms with Crippen LogP contribution in [0.25, 0.3) is 0 Å². The summed E-state index contributed by atoms with van der Waals surface area (Å²) in [4.78, 5) is 7.72. The molecule has 0 unspecified atom stereocenters. The topological polar surface area (TPSA) is 25.8 Å². The number of rotatable bonds is 1. The van der Waals surface area contributed by atoms with Gasteiger partial charge in [-0.2, -0.15) is 0 Å². The Morgan fingerprint density at radius 1 is 1.78 bits per heavy atom. The molecule has 3 heteroatoms. The van der Waals surface area contributed by atoms with Crippen molar-refractivity contribution in [3.63, 3.8) is 0 Å². The lowest BCUT2D eigenvalue weighted by Crippen LogP contribution is -1.88. The van der Waals surface area contributed by atoms with Crippen LogP contribution in [0.2, 0.25) is 0 Å². The van der Waals surface area contributed by atoms with Crippen molar-refractivity contribution in [2.24, 2.45) is 0 Å². The van der Waals surface area contributed by atoms with Gasteiger partial charge >= 0.3 is 0 Å². The summed E-state index contributed by atoms with van der Waals surface area (Å²) in [5.74, 6) is 0. The molecule has 1 aromatic rings. The van der Waals surface area contributed by atoms with Crippen LogP contribution in [0.15, 0.2) is 10.8 Å². The van der Waals surface area contributed by atoms with E-state index in [0.717, 1.165) is 16.6 Å². The lowest BCUT2D eigenvalue weighted by molar-refractivity contribution is 0.979. The maximum Gasteiger partial charge on any atom is 0.116 e. The molecule has 2 nitrogen and oxygen atoms in total. The fraction of sp³-hybridized carbons (Fsp3) is 0.333. The van der Waals surface area contributed by atoms with Gasteiger partial charge in [0.1, 0.15) is 12.5 Å². The number of nitrogens with zero attached hydrogens (tertiary/aromatic N) is 2. The van der Waals surface area contributed by atoms with Crippen LogP contribution < -0.4 is 0 Å².